The molecule has 2 aliphatic rings. The Labute approximate surface area is 230 Å². The van der Waals surface area contributed by atoms with Crippen LogP contribution in [-0.2, 0) is 4.79 Å². The first-order valence-corrected chi connectivity index (χ1v) is 14.0. The first-order valence-electron chi connectivity index (χ1n) is 13.1. The summed E-state index contributed by atoms with van der Waals surface area (Å²) in [4.78, 5) is 31.1. The normalized spacial score (nSPS) is 17.6. The van der Waals surface area contributed by atoms with Crippen LogP contribution in [-0.4, -0.2) is 31.6 Å². The van der Waals surface area contributed by atoms with Gasteiger partial charge >= 0.3 is 0 Å². The summed E-state index contributed by atoms with van der Waals surface area (Å²) in [7, 11) is 0. The van der Waals surface area contributed by atoms with E-state index in [0.29, 0.717) is 28.4 Å². The van der Waals surface area contributed by atoms with E-state index in [-0.39, 0.29) is 23.5 Å². The second-order valence-electron chi connectivity index (χ2n) is 10.0. The molecule has 1 fully saturated rings. The Morgan fingerprint density at radius 1 is 1.18 bits per heavy atom. The van der Waals surface area contributed by atoms with Crippen LogP contribution in [0.1, 0.15) is 49.8 Å². The van der Waals surface area contributed by atoms with Gasteiger partial charge in [-0.2, -0.15) is 0 Å². The molecule has 8 nitrogen and oxygen atoms in total. The number of hydrogen-bond acceptors (Lipinski definition) is 7. The summed E-state index contributed by atoms with van der Waals surface area (Å²) < 4.78 is 0. The van der Waals surface area contributed by atoms with Crippen LogP contribution in [0, 0.1) is 17.2 Å². The summed E-state index contributed by atoms with van der Waals surface area (Å²) in [5, 5.41) is 14.1. The van der Waals surface area contributed by atoms with Crippen molar-refractivity contribution in [1.82, 2.24) is 25.3 Å². The summed E-state index contributed by atoms with van der Waals surface area (Å²) >= 11 is 1.59. The minimum Gasteiger partial charge on any atom is -0.397 e. The Kier molecular flexibility index (Phi) is 6.66. The molecule has 1 saturated carbocycles. The van der Waals surface area contributed by atoms with Crippen LogP contribution in [0.5, 0.6) is 0 Å². The molecule has 5 N–H and O–H groups in total. The molecule has 4 aromatic rings. The van der Waals surface area contributed by atoms with Crippen molar-refractivity contribution < 1.29 is 4.79 Å². The predicted molar refractivity (Wildman–Crippen MR) is 156 cm³/mol. The molecular formula is C30H29N7OS. The number of nitrogens with two attached hydrogens (primary N) is 1. The predicted octanol–water partition coefficient (Wildman–Crippen LogP) is 5.86. The topological polar surface area (TPSA) is 133 Å². The van der Waals surface area contributed by atoms with Gasteiger partial charge in [-0.3, -0.25) is 15.2 Å². The lowest BCUT2D eigenvalue weighted by molar-refractivity contribution is -0.123. The van der Waals surface area contributed by atoms with Crippen molar-refractivity contribution in [3.63, 3.8) is 0 Å². The molecule has 1 atom stereocenters. The number of H-pyrrole nitrogens is 1. The fourth-order valence-electron chi connectivity index (χ4n) is 5.12. The molecule has 196 valence electrons. The summed E-state index contributed by atoms with van der Waals surface area (Å²) in [6.45, 7) is 2.08. The summed E-state index contributed by atoms with van der Waals surface area (Å²) in [6.07, 6.45) is 13.9. The number of pyridine rings is 2. The Bertz CT molecular complexity index is 1660. The molecule has 0 aliphatic heterocycles. The standard InChI is InChI=1S/C30H29N7OS/c1-17-8-9-20(34-30(38)18-5-2-3-6-18)16-19(15-17)22-11-10-21(31)26(35-22)25(32)29-36-23-12-13-33-28(27(23)37-29)24-7-4-14-39-24/h4,7-18,32H,2-3,5-6,31H2,1H3,(H,34,38)(H,36,37)/t17-/m0/s1. The van der Waals surface area contributed by atoms with E-state index in [4.69, 9.17) is 21.1 Å². The zero-order valence-corrected chi connectivity index (χ0v) is 22.4. The number of aromatic nitrogens is 4. The summed E-state index contributed by atoms with van der Waals surface area (Å²) in [5.41, 5.74) is 11.7. The maximum atomic E-state index is 12.8. The van der Waals surface area contributed by atoms with E-state index in [0.717, 1.165) is 53.0 Å². The zero-order valence-electron chi connectivity index (χ0n) is 21.6. The molecule has 0 spiro atoms. The van der Waals surface area contributed by atoms with Gasteiger partial charge in [0.05, 0.1) is 21.8 Å². The number of fused-ring (bicyclic) bond motifs is 1. The molecule has 1 amide bonds. The maximum absolute atomic E-state index is 12.8. The molecule has 0 aromatic carbocycles. The van der Waals surface area contributed by atoms with Gasteiger partial charge in [0.25, 0.3) is 0 Å². The number of thiophene rings is 1. The maximum Gasteiger partial charge on any atom is 0.227 e. The Hall–Kier alpha value is -4.37. The number of allylic oxidation sites excluding steroid dienone is 5. The third-order valence-electron chi connectivity index (χ3n) is 7.18. The second kappa shape index (κ2) is 10.4. The highest BCUT2D eigenvalue weighted by Gasteiger charge is 2.24. The largest absolute Gasteiger partial charge is 0.397 e. The van der Waals surface area contributed by atoms with Crippen LogP contribution >= 0.6 is 11.3 Å². The fraction of sp³-hybridized carbons (Fsp3) is 0.233. The summed E-state index contributed by atoms with van der Waals surface area (Å²) in [6, 6.07) is 9.44. The molecule has 0 unspecified atom stereocenters. The van der Waals surface area contributed by atoms with E-state index in [1.54, 1.807) is 23.6 Å². The van der Waals surface area contributed by atoms with Gasteiger partial charge in [0, 0.05) is 17.8 Å². The highest BCUT2D eigenvalue weighted by atomic mass is 32.1. The van der Waals surface area contributed by atoms with E-state index >= 15 is 0 Å². The SMILES string of the molecule is C[C@H]1C=CC(NC(=O)C2CCCC2)=CC(c2ccc(N)c(C(=N)c3nc4c(-c5cccs5)nccc4[nH]3)n2)=C1. The molecule has 4 heterocycles. The van der Waals surface area contributed by atoms with E-state index in [1.165, 1.54) is 0 Å². The van der Waals surface area contributed by atoms with Crippen molar-refractivity contribution >= 4 is 45.2 Å². The first-order chi connectivity index (χ1) is 19.0. The van der Waals surface area contributed by atoms with Crippen LogP contribution in [0.4, 0.5) is 5.69 Å². The van der Waals surface area contributed by atoms with Crippen molar-refractivity contribution in [3.8, 4) is 10.6 Å². The third kappa shape index (κ3) is 5.05. The first kappa shape index (κ1) is 24.9. The van der Waals surface area contributed by atoms with Gasteiger partial charge in [0.2, 0.25) is 5.91 Å². The molecule has 2 aliphatic carbocycles. The lowest BCUT2D eigenvalue weighted by atomic mass is 10.0. The Morgan fingerprint density at radius 3 is 2.82 bits per heavy atom. The zero-order chi connectivity index (χ0) is 26.9. The number of amides is 1. The number of carbonyl (C=O) groups excluding carboxylic acids is 1. The van der Waals surface area contributed by atoms with E-state index < -0.39 is 0 Å². The second-order valence-corrected chi connectivity index (χ2v) is 11.0. The lowest BCUT2D eigenvalue weighted by Crippen LogP contribution is -2.28. The Balaban J connectivity index is 1.32. The Morgan fingerprint density at radius 2 is 2.03 bits per heavy atom. The van der Waals surface area contributed by atoms with E-state index in [2.05, 4.69) is 34.4 Å². The minimum atomic E-state index is 0.0753. The molecule has 0 radical (unpaired) electrons. The van der Waals surface area contributed by atoms with Gasteiger partial charge in [-0.05, 0) is 66.1 Å². The van der Waals surface area contributed by atoms with Gasteiger partial charge in [0.1, 0.15) is 22.6 Å². The van der Waals surface area contributed by atoms with Crippen LogP contribution in [0.15, 0.2) is 71.9 Å². The quantitative estimate of drug-likeness (QED) is 0.230. The number of anilines is 1. The number of rotatable bonds is 6. The molecule has 6 rings (SSSR count). The van der Waals surface area contributed by atoms with Gasteiger partial charge in [0.15, 0.2) is 5.82 Å². The number of nitrogens with one attached hydrogen (secondary N) is 3. The third-order valence-corrected chi connectivity index (χ3v) is 8.05. The van der Waals surface area contributed by atoms with Crippen LogP contribution < -0.4 is 11.1 Å². The number of hydrogen-bond donors (Lipinski definition) is 4. The van der Waals surface area contributed by atoms with E-state index in [1.807, 2.05) is 41.8 Å². The van der Waals surface area contributed by atoms with E-state index in [9.17, 15) is 4.79 Å². The van der Waals surface area contributed by atoms with Crippen LogP contribution in [0.2, 0.25) is 0 Å². The molecule has 4 aromatic heterocycles. The average molecular weight is 536 g/mol. The molecular weight excluding hydrogens is 506 g/mol. The van der Waals surface area contributed by atoms with Gasteiger partial charge in [-0.1, -0.05) is 38.0 Å². The van der Waals surface area contributed by atoms with Gasteiger partial charge in [-0.25, -0.2) is 9.97 Å². The molecule has 9 heteroatoms. The number of carbonyl (C=O) groups is 1. The average Bonchev–Trinajstić information content (AvgIpc) is 3.71. The number of nitrogen functional groups attached to an aromatic ring is 1. The van der Waals surface area contributed by atoms with Crippen molar-refractivity contribution in [2.45, 2.75) is 32.6 Å². The number of aromatic amines is 1. The van der Waals surface area contributed by atoms with Crippen molar-refractivity contribution in [2.24, 2.45) is 11.8 Å². The number of nitrogens with zero attached hydrogens (tertiary/aromatic N) is 3. The summed E-state index contributed by atoms with van der Waals surface area (Å²) in [5.74, 6) is 0.662. The van der Waals surface area contributed by atoms with Gasteiger partial charge in [-0.15, -0.1) is 11.3 Å². The number of imidazole rings is 1. The van der Waals surface area contributed by atoms with Crippen LogP contribution in [0.25, 0.3) is 27.2 Å². The molecule has 0 saturated heterocycles. The molecule has 39 heavy (non-hydrogen) atoms. The van der Waals surface area contributed by atoms with Crippen molar-refractivity contribution in [2.75, 3.05) is 5.73 Å². The smallest absolute Gasteiger partial charge is 0.227 e. The van der Waals surface area contributed by atoms with Gasteiger partial charge < -0.3 is 16.0 Å². The van der Waals surface area contributed by atoms with Crippen molar-refractivity contribution in [1.29, 1.82) is 5.41 Å². The van der Waals surface area contributed by atoms with Crippen molar-refractivity contribution in [3.05, 3.63) is 89.1 Å². The molecule has 0 bridgehead atoms. The minimum absolute atomic E-state index is 0.0753. The monoisotopic (exact) mass is 535 g/mol. The lowest BCUT2D eigenvalue weighted by Gasteiger charge is -2.12. The fourth-order valence-corrected chi connectivity index (χ4v) is 5.84. The highest BCUT2D eigenvalue weighted by molar-refractivity contribution is 7.13. The highest BCUT2D eigenvalue weighted by Crippen LogP contribution is 2.30. The van der Waals surface area contributed by atoms with Crippen LogP contribution in [0.3, 0.4) is 0 Å².